The Morgan fingerprint density at radius 1 is 1.14 bits per heavy atom. The molecule has 0 unspecified atom stereocenters. The van der Waals surface area contributed by atoms with Crippen LogP contribution in [0.2, 0.25) is 0 Å². The van der Waals surface area contributed by atoms with Crippen LogP contribution in [-0.4, -0.2) is 35.8 Å². The van der Waals surface area contributed by atoms with Crippen molar-refractivity contribution in [2.75, 3.05) is 13.1 Å². The molecule has 1 aromatic heterocycles. The number of hydrogen-bond donors (Lipinski definition) is 1. The molecule has 0 saturated heterocycles. The number of nitrogens with zero attached hydrogens (tertiary/aromatic N) is 1. The zero-order chi connectivity index (χ0) is 15.8. The molecule has 0 amide bonds. The van der Waals surface area contributed by atoms with Crippen LogP contribution >= 0.6 is 11.8 Å². The first-order valence-corrected chi connectivity index (χ1v) is 8.38. The molecule has 0 spiro atoms. The Labute approximate surface area is 130 Å². The topological polar surface area (TPSA) is 28.4 Å². The van der Waals surface area contributed by atoms with Crippen LogP contribution in [0.25, 0.3) is 0 Å². The van der Waals surface area contributed by atoms with E-state index >= 15 is 0 Å². The lowest BCUT2D eigenvalue weighted by Gasteiger charge is -2.30. The second-order valence-electron chi connectivity index (χ2n) is 5.54. The third kappa shape index (κ3) is 7.29. The highest BCUT2D eigenvalue weighted by Gasteiger charge is 2.12. The molecule has 1 rings (SSSR count). The standard InChI is InChI=1S/C15H26F2N2OS/c1-11(2)19(12(3)4)8-7-18-9-13-5-6-14(20-13)10-21-15(16)17/h5-6,11-12,15,18H,7-10H2,1-4H3. The second kappa shape index (κ2) is 9.43. The highest BCUT2D eigenvalue weighted by atomic mass is 32.2. The summed E-state index contributed by atoms with van der Waals surface area (Å²) >= 11 is 0.582. The lowest BCUT2D eigenvalue weighted by Crippen LogP contribution is -2.41. The van der Waals surface area contributed by atoms with E-state index in [0.717, 1.165) is 18.8 Å². The Hall–Kier alpha value is -0.590. The fourth-order valence-corrected chi connectivity index (χ4v) is 2.72. The molecule has 0 aliphatic heterocycles. The van der Waals surface area contributed by atoms with Gasteiger partial charge >= 0.3 is 0 Å². The summed E-state index contributed by atoms with van der Waals surface area (Å²) in [6, 6.07) is 4.65. The molecule has 0 saturated carbocycles. The average Bonchev–Trinajstić information content (AvgIpc) is 2.83. The molecule has 0 fully saturated rings. The Morgan fingerprint density at radius 3 is 2.33 bits per heavy atom. The molecule has 0 radical (unpaired) electrons. The maximum absolute atomic E-state index is 12.1. The zero-order valence-corrected chi connectivity index (χ0v) is 14.1. The van der Waals surface area contributed by atoms with Gasteiger partial charge in [-0.1, -0.05) is 11.8 Å². The first-order chi connectivity index (χ1) is 9.90. The lowest BCUT2D eigenvalue weighted by molar-refractivity contribution is 0.175. The SMILES string of the molecule is CC(C)N(CCNCc1ccc(CSC(F)F)o1)C(C)C. The highest BCUT2D eigenvalue weighted by molar-refractivity contribution is 7.98. The quantitative estimate of drug-likeness (QED) is 0.661. The first-order valence-electron chi connectivity index (χ1n) is 7.34. The van der Waals surface area contributed by atoms with Gasteiger partial charge in [0.25, 0.3) is 5.76 Å². The summed E-state index contributed by atoms with van der Waals surface area (Å²) in [6.45, 7) is 11.3. The summed E-state index contributed by atoms with van der Waals surface area (Å²) in [7, 11) is 0. The van der Waals surface area contributed by atoms with E-state index in [4.69, 9.17) is 4.42 Å². The molecule has 21 heavy (non-hydrogen) atoms. The molecule has 6 heteroatoms. The fraction of sp³-hybridized carbons (Fsp3) is 0.733. The first kappa shape index (κ1) is 18.5. The Bertz CT molecular complexity index is 389. The smallest absolute Gasteiger partial charge is 0.284 e. The van der Waals surface area contributed by atoms with Crippen molar-refractivity contribution < 1.29 is 13.2 Å². The van der Waals surface area contributed by atoms with Crippen molar-refractivity contribution in [2.45, 2.75) is 57.8 Å². The Kier molecular flexibility index (Phi) is 8.29. The lowest BCUT2D eigenvalue weighted by atomic mass is 10.2. The minimum Gasteiger partial charge on any atom is -0.464 e. The summed E-state index contributed by atoms with van der Waals surface area (Å²) in [4.78, 5) is 2.42. The van der Waals surface area contributed by atoms with Crippen molar-refractivity contribution in [1.29, 1.82) is 0 Å². The number of halogens is 2. The van der Waals surface area contributed by atoms with Crippen molar-refractivity contribution in [3.05, 3.63) is 23.7 Å². The average molecular weight is 320 g/mol. The van der Waals surface area contributed by atoms with Gasteiger partial charge in [0.2, 0.25) is 0 Å². The maximum Gasteiger partial charge on any atom is 0.284 e. The second-order valence-corrected chi connectivity index (χ2v) is 6.52. The molecule has 0 aliphatic carbocycles. The van der Waals surface area contributed by atoms with Gasteiger partial charge in [-0.3, -0.25) is 4.90 Å². The van der Waals surface area contributed by atoms with Crippen molar-refractivity contribution >= 4 is 11.8 Å². The number of rotatable bonds is 10. The third-order valence-corrected chi connectivity index (χ3v) is 3.94. The van der Waals surface area contributed by atoms with Gasteiger partial charge in [-0.05, 0) is 39.8 Å². The van der Waals surface area contributed by atoms with Crippen LogP contribution in [0.5, 0.6) is 0 Å². The number of nitrogens with one attached hydrogen (secondary N) is 1. The van der Waals surface area contributed by atoms with Gasteiger partial charge in [-0.15, -0.1) is 0 Å². The molecule has 0 aromatic carbocycles. The molecule has 1 N–H and O–H groups in total. The summed E-state index contributed by atoms with van der Waals surface area (Å²) in [5.74, 6) is -0.745. The summed E-state index contributed by atoms with van der Waals surface area (Å²) in [6.07, 6.45) is 0. The minimum atomic E-state index is -2.35. The van der Waals surface area contributed by atoms with Crippen LogP contribution in [0.4, 0.5) is 8.78 Å². The van der Waals surface area contributed by atoms with Crippen LogP contribution in [0.3, 0.4) is 0 Å². The third-order valence-electron chi connectivity index (χ3n) is 3.24. The van der Waals surface area contributed by atoms with E-state index in [-0.39, 0.29) is 5.75 Å². The summed E-state index contributed by atoms with van der Waals surface area (Å²) < 4.78 is 29.7. The molecule has 0 bridgehead atoms. The van der Waals surface area contributed by atoms with Crippen LogP contribution in [0, 0.1) is 0 Å². The van der Waals surface area contributed by atoms with Crippen molar-refractivity contribution in [2.24, 2.45) is 0 Å². The Morgan fingerprint density at radius 2 is 1.76 bits per heavy atom. The van der Waals surface area contributed by atoms with Gasteiger partial charge in [-0.2, -0.15) is 8.78 Å². The van der Waals surface area contributed by atoms with Crippen LogP contribution in [0.1, 0.15) is 39.2 Å². The fourth-order valence-electron chi connectivity index (χ4n) is 2.27. The maximum atomic E-state index is 12.1. The largest absolute Gasteiger partial charge is 0.464 e. The van der Waals surface area contributed by atoms with Gasteiger partial charge < -0.3 is 9.73 Å². The normalized spacial score (nSPS) is 12.3. The summed E-state index contributed by atoms with van der Waals surface area (Å²) in [5.41, 5.74) is 0. The molecule has 3 nitrogen and oxygen atoms in total. The molecule has 0 atom stereocenters. The summed E-state index contributed by atoms with van der Waals surface area (Å²) in [5, 5.41) is 3.33. The van der Waals surface area contributed by atoms with Crippen LogP contribution in [-0.2, 0) is 12.3 Å². The van der Waals surface area contributed by atoms with Crippen molar-refractivity contribution in [3.8, 4) is 0 Å². The number of thioether (sulfide) groups is 1. The van der Waals surface area contributed by atoms with E-state index in [1.807, 2.05) is 6.07 Å². The van der Waals surface area contributed by atoms with Crippen molar-refractivity contribution in [1.82, 2.24) is 10.2 Å². The van der Waals surface area contributed by atoms with E-state index in [0.29, 0.717) is 36.2 Å². The number of furan rings is 1. The van der Waals surface area contributed by atoms with Gasteiger partial charge in [0.05, 0.1) is 12.3 Å². The molecular weight excluding hydrogens is 294 g/mol. The number of hydrogen-bond acceptors (Lipinski definition) is 4. The molecular formula is C15H26F2N2OS. The number of alkyl halides is 2. The van der Waals surface area contributed by atoms with Gasteiger partial charge in [0.1, 0.15) is 11.5 Å². The molecule has 1 aromatic rings. The Balaban J connectivity index is 2.26. The van der Waals surface area contributed by atoms with Crippen molar-refractivity contribution in [3.63, 3.8) is 0 Å². The molecule has 1 heterocycles. The van der Waals surface area contributed by atoms with Gasteiger partial charge in [0, 0.05) is 25.2 Å². The highest BCUT2D eigenvalue weighted by Crippen LogP contribution is 2.21. The predicted octanol–water partition coefficient (Wildman–Crippen LogP) is 3.94. The zero-order valence-electron chi connectivity index (χ0n) is 13.2. The molecule has 122 valence electrons. The van der Waals surface area contributed by atoms with Crippen LogP contribution in [0.15, 0.2) is 16.5 Å². The van der Waals surface area contributed by atoms with E-state index in [9.17, 15) is 8.78 Å². The monoisotopic (exact) mass is 320 g/mol. The van der Waals surface area contributed by atoms with Gasteiger partial charge in [0.15, 0.2) is 0 Å². The van der Waals surface area contributed by atoms with E-state index in [1.54, 1.807) is 6.07 Å². The van der Waals surface area contributed by atoms with E-state index < -0.39 is 5.76 Å². The van der Waals surface area contributed by atoms with E-state index in [1.165, 1.54) is 0 Å². The molecule has 0 aliphatic rings. The van der Waals surface area contributed by atoms with E-state index in [2.05, 4.69) is 37.9 Å². The minimum absolute atomic E-state index is 0.214. The predicted molar refractivity (Wildman–Crippen MR) is 84.7 cm³/mol. The van der Waals surface area contributed by atoms with Crippen LogP contribution < -0.4 is 5.32 Å². The van der Waals surface area contributed by atoms with Gasteiger partial charge in [-0.25, -0.2) is 0 Å².